The number of nitrogens with zero attached hydrogens (tertiary/aromatic N) is 4. The van der Waals surface area contributed by atoms with Crippen LogP contribution >= 0.6 is 15.9 Å². The molecule has 26 heavy (non-hydrogen) atoms. The lowest BCUT2D eigenvalue weighted by Crippen LogP contribution is -2.46. The molecule has 0 bridgehead atoms. The van der Waals surface area contributed by atoms with Crippen molar-refractivity contribution >= 4 is 38.8 Å². The zero-order chi connectivity index (χ0) is 18.8. The van der Waals surface area contributed by atoms with E-state index in [1.165, 1.54) is 12.1 Å². The minimum atomic E-state index is -0.658. The van der Waals surface area contributed by atoms with Gasteiger partial charge in [-0.3, -0.25) is 5.01 Å². The van der Waals surface area contributed by atoms with Gasteiger partial charge in [0.05, 0.1) is 11.4 Å². The molecule has 140 valence electrons. The number of hydrogen-bond acceptors (Lipinski definition) is 6. The Kier molecular flexibility index (Phi) is 5.59. The number of benzene rings is 1. The van der Waals surface area contributed by atoms with Gasteiger partial charge in [-0.2, -0.15) is 0 Å². The zero-order valence-electron chi connectivity index (χ0n) is 14.4. The summed E-state index contributed by atoms with van der Waals surface area (Å²) < 4.78 is 29.9. The van der Waals surface area contributed by atoms with Crippen LogP contribution in [0, 0.1) is 11.6 Å². The lowest BCUT2D eigenvalue weighted by atomic mass is 10.2. The van der Waals surface area contributed by atoms with Gasteiger partial charge in [-0.25, -0.2) is 19.6 Å². The molecule has 4 N–H and O–H groups in total. The molecule has 9 heteroatoms. The number of halogens is 3. The summed E-state index contributed by atoms with van der Waals surface area (Å²) >= 11 is 3.23. The molecule has 0 spiro atoms. The molecule has 1 aromatic carbocycles. The fraction of sp³-hybridized carbons (Fsp3) is 0.353. The van der Waals surface area contributed by atoms with E-state index in [1.807, 2.05) is 0 Å². The van der Waals surface area contributed by atoms with Gasteiger partial charge >= 0.3 is 0 Å². The van der Waals surface area contributed by atoms with Crippen LogP contribution in [0.25, 0.3) is 0 Å². The summed E-state index contributed by atoms with van der Waals surface area (Å²) in [4.78, 5) is 8.14. The Bertz CT molecular complexity index is 772. The van der Waals surface area contributed by atoms with Crippen molar-refractivity contribution in [2.45, 2.75) is 6.92 Å². The van der Waals surface area contributed by atoms with E-state index in [1.54, 1.807) is 17.0 Å². The number of rotatable bonds is 4. The molecule has 3 rings (SSSR count). The highest BCUT2D eigenvalue weighted by Crippen LogP contribution is 2.33. The van der Waals surface area contributed by atoms with Crippen LogP contribution in [0.2, 0.25) is 0 Å². The molecule has 1 aliphatic heterocycles. The number of hydrogen-bond donors (Lipinski definition) is 2. The molecule has 2 aromatic rings. The van der Waals surface area contributed by atoms with Crippen LogP contribution < -0.4 is 21.5 Å². The molecule has 0 unspecified atom stereocenters. The SMILES string of the molecule is CCN1CCN(c2c(F)cc(N(N)c3nc(Br)ccc3N)cc2F)CC1. The van der Waals surface area contributed by atoms with Gasteiger partial charge in [0, 0.05) is 38.3 Å². The Morgan fingerprint density at radius 3 is 2.35 bits per heavy atom. The first-order chi connectivity index (χ1) is 12.4. The number of piperazine rings is 1. The lowest BCUT2D eigenvalue weighted by molar-refractivity contribution is 0.269. The number of anilines is 4. The van der Waals surface area contributed by atoms with Gasteiger partial charge in [0.1, 0.15) is 10.3 Å². The van der Waals surface area contributed by atoms with Crippen LogP contribution in [0.3, 0.4) is 0 Å². The minimum absolute atomic E-state index is 0.0203. The zero-order valence-corrected chi connectivity index (χ0v) is 16.0. The minimum Gasteiger partial charge on any atom is -0.396 e. The number of pyridine rings is 1. The second-order valence-corrected chi connectivity index (χ2v) is 6.91. The molecule has 2 heterocycles. The molecule has 6 nitrogen and oxygen atoms in total. The maximum absolute atomic E-state index is 14.7. The average molecular weight is 427 g/mol. The van der Waals surface area contributed by atoms with Gasteiger partial charge in [-0.15, -0.1) is 0 Å². The van der Waals surface area contributed by atoms with Crippen molar-refractivity contribution in [1.29, 1.82) is 0 Å². The summed E-state index contributed by atoms with van der Waals surface area (Å²) in [6.45, 7) is 5.71. The summed E-state index contributed by atoms with van der Waals surface area (Å²) in [7, 11) is 0. The number of hydrazine groups is 1. The lowest BCUT2D eigenvalue weighted by Gasteiger charge is -2.36. The maximum atomic E-state index is 14.7. The second kappa shape index (κ2) is 7.73. The van der Waals surface area contributed by atoms with E-state index < -0.39 is 11.6 Å². The molecule has 0 amide bonds. The molecule has 0 aliphatic carbocycles. The van der Waals surface area contributed by atoms with Crippen LogP contribution in [-0.2, 0) is 0 Å². The maximum Gasteiger partial charge on any atom is 0.171 e. The topological polar surface area (TPSA) is 74.7 Å². The van der Waals surface area contributed by atoms with Gasteiger partial charge in [0.2, 0.25) is 0 Å². The summed E-state index contributed by atoms with van der Waals surface area (Å²) in [6.07, 6.45) is 0. The average Bonchev–Trinajstić information content (AvgIpc) is 2.63. The highest BCUT2D eigenvalue weighted by atomic mass is 79.9. The third-order valence-electron chi connectivity index (χ3n) is 4.52. The number of aromatic nitrogens is 1. The fourth-order valence-electron chi connectivity index (χ4n) is 3.03. The van der Waals surface area contributed by atoms with Crippen molar-refractivity contribution in [3.63, 3.8) is 0 Å². The molecule has 0 atom stereocenters. The number of nitrogens with two attached hydrogens (primary N) is 2. The highest BCUT2D eigenvalue weighted by molar-refractivity contribution is 9.10. The molecule has 0 radical (unpaired) electrons. The molecule has 1 aliphatic rings. The molecule has 1 aromatic heterocycles. The van der Waals surface area contributed by atoms with Crippen LogP contribution in [0.1, 0.15) is 6.92 Å². The molecular formula is C17H21BrF2N6. The van der Waals surface area contributed by atoms with Gasteiger partial charge in [-0.05, 0) is 34.6 Å². The van der Waals surface area contributed by atoms with Crippen LogP contribution in [0.5, 0.6) is 0 Å². The van der Waals surface area contributed by atoms with Crippen molar-refractivity contribution < 1.29 is 8.78 Å². The monoisotopic (exact) mass is 426 g/mol. The Labute approximate surface area is 159 Å². The van der Waals surface area contributed by atoms with Crippen molar-refractivity contribution in [3.05, 3.63) is 40.5 Å². The third-order valence-corrected chi connectivity index (χ3v) is 4.96. The Hall–Kier alpha value is -1.97. The van der Waals surface area contributed by atoms with E-state index in [0.29, 0.717) is 23.4 Å². The predicted octanol–water partition coefficient (Wildman–Crippen LogP) is 2.86. The summed E-state index contributed by atoms with van der Waals surface area (Å²) in [5, 5.41) is 1.07. The van der Waals surface area contributed by atoms with Crippen molar-refractivity contribution in [2.24, 2.45) is 5.84 Å². The molecule has 1 fully saturated rings. The third kappa shape index (κ3) is 3.74. The van der Waals surface area contributed by atoms with E-state index in [-0.39, 0.29) is 17.2 Å². The van der Waals surface area contributed by atoms with E-state index in [9.17, 15) is 8.78 Å². The van der Waals surface area contributed by atoms with E-state index in [0.717, 1.165) is 24.6 Å². The second-order valence-electron chi connectivity index (χ2n) is 6.10. The number of nitrogen functional groups attached to an aromatic ring is 1. The Balaban J connectivity index is 1.88. The van der Waals surface area contributed by atoms with Crippen molar-refractivity contribution in [3.8, 4) is 0 Å². The highest BCUT2D eigenvalue weighted by Gasteiger charge is 2.24. The fourth-order valence-corrected chi connectivity index (χ4v) is 3.33. The van der Waals surface area contributed by atoms with Crippen LogP contribution in [0.4, 0.5) is 31.7 Å². The van der Waals surface area contributed by atoms with Gasteiger partial charge < -0.3 is 15.5 Å². The van der Waals surface area contributed by atoms with Crippen molar-refractivity contribution in [1.82, 2.24) is 9.88 Å². The van der Waals surface area contributed by atoms with Crippen LogP contribution in [-0.4, -0.2) is 42.6 Å². The smallest absolute Gasteiger partial charge is 0.171 e. The largest absolute Gasteiger partial charge is 0.396 e. The van der Waals surface area contributed by atoms with Gasteiger partial charge in [0.25, 0.3) is 0 Å². The van der Waals surface area contributed by atoms with Crippen LogP contribution in [0.15, 0.2) is 28.9 Å². The Morgan fingerprint density at radius 1 is 1.15 bits per heavy atom. The Morgan fingerprint density at radius 2 is 1.77 bits per heavy atom. The first-order valence-corrected chi connectivity index (χ1v) is 9.13. The first-order valence-electron chi connectivity index (χ1n) is 8.34. The summed E-state index contributed by atoms with van der Waals surface area (Å²) in [5.74, 6) is 4.90. The molecule has 1 saturated heterocycles. The molecule has 0 saturated carbocycles. The van der Waals surface area contributed by atoms with E-state index >= 15 is 0 Å². The number of likely N-dealkylation sites (N-methyl/N-ethyl adjacent to an activating group) is 1. The van der Waals surface area contributed by atoms with E-state index in [2.05, 4.69) is 32.7 Å². The van der Waals surface area contributed by atoms with E-state index in [4.69, 9.17) is 11.6 Å². The first kappa shape index (κ1) is 18.8. The summed E-state index contributed by atoms with van der Waals surface area (Å²) in [6, 6.07) is 5.67. The van der Waals surface area contributed by atoms with Gasteiger partial charge in [0.15, 0.2) is 17.5 Å². The summed E-state index contributed by atoms with van der Waals surface area (Å²) in [5.41, 5.74) is 6.29. The standard InChI is InChI=1S/C17H21BrF2N6/c1-2-24-5-7-25(8-6-24)16-12(19)9-11(10-13(16)20)26(22)17-14(21)3-4-15(18)23-17/h3-4,9-10H,2,5-8,21-22H2,1H3. The molecular weight excluding hydrogens is 406 g/mol. The quantitative estimate of drug-likeness (QED) is 0.444. The van der Waals surface area contributed by atoms with Gasteiger partial charge in [-0.1, -0.05) is 6.92 Å². The predicted molar refractivity (Wildman–Crippen MR) is 103 cm³/mol. The van der Waals surface area contributed by atoms with Crippen molar-refractivity contribution in [2.75, 3.05) is 48.4 Å². The normalized spacial score (nSPS) is 15.3.